The second-order valence-electron chi connectivity index (χ2n) is 4.99. The van der Waals surface area contributed by atoms with Crippen LogP contribution in [0.2, 0.25) is 0 Å². The third kappa shape index (κ3) is 2.39. The summed E-state index contributed by atoms with van der Waals surface area (Å²) in [5.74, 6) is 0.755. The molecule has 1 aliphatic heterocycles. The zero-order valence-electron chi connectivity index (χ0n) is 11.2. The maximum Gasteiger partial charge on any atom is 0.217 e. The van der Waals surface area contributed by atoms with Gasteiger partial charge in [-0.15, -0.1) is 0 Å². The van der Waals surface area contributed by atoms with E-state index in [-0.39, 0.29) is 12.1 Å². The van der Waals surface area contributed by atoms with Crippen LogP contribution in [0.15, 0.2) is 59.6 Å². The Labute approximate surface area is 113 Å². The monoisotopic (exact) mass is 251 g/mol. The van der Waals surface area contributed by atoms with Crippen LogP contribution in [0.3, 0.4) is 0 Å². The van der Waals surface area contributed by atoms with Crippen LogP contribution in [0.5, 0.6) is 0 Å². The summed E-state index contributed by atoms with van der Waals surface area (Å²) in [6.07, 6.45) is 0.0247. The van der Waals surface area contributed by atoms with Crippen molar-refractivity contribution in [2.75, 3.05) is 0 Å². The Kier molecular flexibility index (Phi) is 3.08. The standard InChI is InChI=1S/C17H17NO/c1-12-7-6-10-15(11-12)17-18-13(2)16(19-17)14-8-4-3-5-9-14/h3-11,13,16H,1-2H3/t13-,16-/m0/s1. The van der Waals surface area contributed by atoms with Crippen LogP contribution < -0.4 is 0 Å². The van der Waals surface area contributed by atoms with Gasteiger partial charge in [0.05, 0.1) is 6.04 Å². The second kappa shape index (κ2) is 4.88. The van der Waals surface area contributed by atoms with Crippen molar-refractivity contribution < 1.29 is 4.74 Å². The molecule has 2 aromatic carbocycles. The van der Waals surface area contributed by atoms with Gasteiger partial charge < -0.3 is 4.74 Å². The first-order valence-corrected chi connectivity index (χ1v) is 6.60. The Morgan fingerprint density at radius 1 is 1.00 bits per heavy atom. The van der Waals surface area contributed by atoms with Gasteiger partial charge in [-0.3, -0.25) is 0 Å². The van der Waals surface area contributed by atoms with Gasteiger partial charge in [0.1, 0.15) is 6.10 Å². The molecule has 0 unspecified atom stereocenters. The van der Waals surface area contributed by atoms with Gasteiger partial charge in [0.2, 0.25) is 5.90 Å². The third-order valence-electron chi connectivity index (χ3n) is 3.39. The summed E-state index contributed by atoms with van der Waals surface area (Å²) in [7, 11) is 0. The summed E-state index contributed by atoms with van der Waals surface area (Å²) in [6, 6.07) is 18.7. The quantitative estimate of drug-likeness (QED) is 0.793. The summed E-state index contributed by atoms with van der Waals surface area (Å²) in [6.45, 7) is 4.18. The van der Waals surface area contributed by atoms with Crippen molar-refractivity contribution in [3.63, 3.8) is 0 Å². The zero-order valence-corrected chi connectivity index (χ0v) is 11.2. The van der Waals surface area contributed by atoms with Crippen molar-refractivity contribution in [1.82, 2.24) is 0 Å². The highest BCUT2D eigenvalue weighted by molar-refractivity contribution is 5.95. The minimum absolute atomic E-state index is 0.0247. The van der Waals surface area contributed by atoms with E-state index in [1.807, 2.05) is 30.3 Å². The lowest BCUT2D eigenvalue weighted by Crippen LogP contribution is -2.10. The molecule has 2 nitrogen and oxygen atoms in total. The smallest absolute Gasteiger partial charge is 0.217 e. The topological polar surface area (TPSA) is 21.6 Å². The maximum absolute atomic E-state index is 6.05. The minimum atomic E-state index is 0.0247. The number of hydrogen-bond acceptors (Lipinski definition) is 2. The van der Waals surface area contributed by atoms with Crippen LogP contribution in [0.4, 0.5) is 0 Å². The Bertz CT molecular complexity index is 604. The zero-order chi connectivity index (χ0) is 13.2. The predicted octanol–water partition coefficient (Wildman–Crippen LogP) is 3.90. The van der Waals surface area contributed by atoms with Crippen LogP contribution >= 0.6 is 0 Å². The molecule has 0 radical (unpaired) electrons. The molecule has 0 spiro atoms. The molecule has 0 amide bonds. The van der Waals surface area contributed by atoms with Crippen LogP contribution in [0.25, 0.3) is 0 Å². The number of hydrogen-bond donors (Lipinski definition) is 0. The van der Waals surface area contributed by atoms with Crippen molar-refractivity contribution in [3.05, 3.63) is 71.3 Å². The normalized spacial score (nSPS) is 21.9. The van der Waals surface area contributed by atoms with Gasteiger partial charge in [0, 0.05) is 5.56 Å². The molecule has 0 fully saturated rings. The van der Waals surface area contributed by atoms with Gasteiger partial charge in [0.25, 0.3) is 0 Å². The van der Waals surface area contributed by atoms with Gasteiger partial charge in [-0.25, -0.2) is 4.99 Å². The molecule has 2 aromatic rings. The van der Waals surface area contributed by atoms with Gasteiger partial charge in [-0.1, -0.05) is 48.0 Å². The number of rotatable bonds is 2. The number of ether oxygens (including phenoxy) is 1. The molecular weight excluding hydrogens is 234 g/mol. The molecule has 0 saturated heterocycles. The molecule has 2 atom stereocenters. The van der Waals surface area contributed by atoms with E-state index in [1.165, 1.54) is 11.1 Å². The van der Waals surface area contributed by atoms with Crippen LogP contribution in [-0.4, -0.2) is 11.9 Å². The lowest BCUT2D eigenvalue weighted by atomic mass is 10.0. The Balaban J connectivity index is 1.86. The molecule has 0 N–H and O–H groups in total. The number of benzene rings is 2. The molecule has 2 heteroatoms. The Hall–Kier alpha value is -2.09. The van der Waals surface area contributed by atoms with E-state index in [1.54, 1.807) is 0 Å². The molecule has 0 aliphatic carbocycles. The van der Waals surface area contributed by atoms with Crippen LogP contribution in [0.1, 0.15) is 29.7 Å². The summed E-state index contributed by atoms with van der Waals surface area (Å²) < 4.78 is 6.05. The first-order chi connectivity index (χ1) is 9.24. The van der Waals surface area contributed by atoms with E-state index in [0.717, 1.165) is 11.5 Å². The predicted molar refractivity (Wildman–Crippen MR) is 77.4 cm³/mol. The van der Waals surface area contributed by atoms with E-state index in [0.29, 0.717) is 0 Å². The molecule has 3 rings (SSSR count). The summed E-state index contributed by atoms with van der Waals surface area (Å²) >= 11 is 0. The van der Waals surface area contributed by atoms with Crippen molar-refractivity contribution in [1.29, 1.82) is 0 Å². The molecule has 0 saturated carbocycles. The molecule has 1 aliphatic rings. The first kappa shape index (κ1) is 12.0. The highest BCUT2D eigenvalue weighted by Crippen LogP contribution is 2.30. The Morgan fingerprint density at radius 3 is 2.53 bits per heavy atom. The van der Waals surface area contributed by atoms with Gasteiger partial charge in [-0.2, -0.15) is 0 Å². The third-order valence-corrected chi connectivity index (χ3v) is 3.39. The highest BCUT2D eigenvalue weighted by Gasteiger charge is 2.29. The van der Waals surface area contributed by atoms with Crippen molar-refractivity contribution in [2.24, 2.45) is 4.99 Å². The lowest BCUT2D eigenvalue weighted by molar-refractivity contribution is 0.202. The number of aryl methyl sites for hydroxylation is 1. The molecular formula is C17H17NO. The fourth-order valence-corrected chi connectivity index (χ4v) is 2.41. The second-order valence-corrected chi connectivity index (χ2v) is 4.99. The van der Waals surface area contributed by atoms with E-state index in [4.69, 9.17) is 4.74 Å². The van der Waals surface area contributed by atoms with Crippen LogP contribution in [-0.2, 0) is 4.74 Å². The van der Waals surface area contributed by atoms with Crippen LogP contribution in [0, 0.1) is 6.92 Å². The number of aliphatic imine (C=N–C) groups is 1. The average molecular weight is 251 g/mol. The fourth-order valence-electron chi connectivity index (χ4n) is 2.41. The van der Waals surface area contributed by atoms with E-state index < -0.39 is 0 Å². The van der Waals surface area contributed by atoms with E-state index in [2.05, 4.69) is 43.1 Å². The number of nitrogens with zero attached hydrogens (tertiary/aromatic N) is 1. The molecule has 0 aromatic heterocycles. The molecule has 0 bridgehead atoms. The fraction of sp³-hybridized carbons (Fsp3) is 0.235. The van der Waals surface area contributed by atoms with E-state index in [9.17, 15) is 0 Å². The average Bonchev–Trinajstić information content (AvgIpc) is 2.82. The molecule has 96 valence electrons. The minimum Gasteiger partial charge on any atom is -0.467 e. The van der Waals surface area contributed by atoms with Crippen molar-refractivity contribution in [3.8, 4) is 0 Å². The van der Waals surface area contributed by atoms with Crippen molar-refractivity contribution in [2.45, 2.75) is 26.0 Å². The largest absolute Gasteiger partial charge is 0.467 e. The molecule has 19 heavy (non-hydrogen) atoms. The lowest BCUT2D eigenvalue weighted by Gasteiger charge is -2.15. The Morgan fingerprint density at radius 2 is 1.79 bits per heavy atom. The van der Waals surface area contributed by atoms with Crippen molar-refractivity contribution >= 4 is 5.90 Å². The summed E-state index contributed by atoms with van der Waals surface area (Å²) in [5.41, 5.74) is 3.46. The van der Waals surface area contributed by atoms with Gasteiger partial charge in [0.15, 0.2) is 0 Å². The summed E-state index contributed by atoms with van der Waals surface area (Å²) in [5, 5.41) is 0. The maximum atomic E-state index is 6.05. The van der Waals surface area contributed by atoms with Gasteiger partial charge in [-0.05, 0) is 31.5 Å². The molecule has 1 heterocycles. The highest BCUT2D eigenvalue weighted by atomic mass is 16.5. The van der Waals surface area contributed by atoms with Gasteiger partial charge >= 0.3 is 0 Å². The summed E-state index contributed by atoms with van der Waals surface area (Å²) in [4.78, 5) is 4.65. The SMILES string of the molecule is Cc1cccc(C2=N[C@@H](C)[C@@H](c3ccccc3)O2)c1. The first-order valence-electron chi connectivity index (χ1n) is 6.60. The van der Waals surface area contributed by atoms with E-state index >= 15 is 0 Å².